The van der Waals surface area contributed by atoms with Crippen LogP contribution in [-0.2, 0) is 4.79 Å². The van der Waals surface area contributed by atoms with Gasteiger partial charge in [-0.25, -0.2) is 10.2 Å². The third-order valence-corrected chi connectivity index (χ3v) is 5.58. The van der Waals surface area contributed by atoms with Crippen LogP contribution in [0.15, 0.2) is 70.2 Å². The van der Waals surface area contributed by atoms with Crippen LogP contribution in [0.5, 0.6) is 11.5 Å². The van der Waals surface area contributed by atoms with E-state index < -0.39 is 11.9 Å². The molecule has 0 aliphatic heterocycles. The number of amides is 1. The molecule has 0 unspecified atom stereocenters. The predicted octanol–water partition coefficient (Wildman–Crippen LogP) is 5.94. The van der Waals surface area contributed by atoms with Gasteiger partial charge >= 0.3 is 5.97 Å². The van der Waals surface area contributed by atoms with Crippen molar-refractivity contribution in [2.24, 2.45) is 5.10 Å². The number of carbonyl (C=O) groups is 2. The fourth-order valence-electron chi connectivity index (χ4n) is 3.26. The maximum absolute atomic E-state index is 12.6. The zero-order valence-electron chi connectivity index (χ0n) is 19.6. The topological polar surface area (TPSA) is 77.0 Å². The summed E-state index contributed by atoms with van der Waals surface area (Å²) in [5.41, 5.74) is 6.38. The monoisotopic (exact) mass is 522 g/mol. The number of nitrogens with zero attached hydrogens (tertiary/aromatic N) is 1. The summed E-state index contributed by atoms with van der Waals surface area (Å²) in [5, 5.41) is 4.01. The van der Waals surface area contributed by atoms with E-state index in [1.807, 2.05) is 44.2 Å². The number of hydrogen-bond donors (Lipinski definition) is 1. The first-order valence-electron chi connectivity index (χ1n) is 10.9. The second-order valence-electron chi connectivity index (χ2n) is 8.16. The molecule has 3 rings (SSSR count). The number of rotatable bonds is 8. The summed E-state index contributed by atoms with van der Waals surface area (Å²) in [7, 11) is 0. The van der Waals surface area contributed by atoms with Crippen molar-refractivity contribution < 1.29 is 19.1 Å². The molecular weight excluding hydrogens is 496 g/mol. The first kappa shape index (κ1) is 25.2. The Balaban J connectivity index is 1.65. The van der Waals surface area contributed by atoms with Crippen molar-refractivity contribution in [1.82, 2.24) is 5.43 Å². The lowest BCUT2D eigenvalue weighted by Crippen LogP contribution is -2.25. The Bertz CT molecular complexity index is 1220. The minimum atomic E-state index is -0.466. The number of hydrazone groups is 1. The number of benzene rings is 3. The summed E-state index contributed by atoms with van der Waals surface area (Å²) in [4.78, 5) is 24.9. The van der Waals surface area contributed by atoms with E-state index in [0.717, 1.165) is 21.2 Å². The van der Waals surface area contributed by atoms with Gasteiger partial charge in [0.25, 0.3) is 5.91 Å². The van der Waals surface area contributed by atoms with Crippen LogP contribution >= 0.6 is 15.9 Å². The summed E-state index contributed by atoms with van der Waals surface area (Å²) in [6.07, 6.45) is 1.43. The molecule has 6 nitrogen and oxygen atoms in total. The molecule has 0 aliphatic rings. The quantitative estimate of drug-likeness (QED) is 0.172. The lowest BCUT2D eigenvalue weighted by atomic mass is 10.0. The standard InChI is InChI=1S/C27H27BrN2O4/c1-17(2)22-11-9-18(3)13-25(22)33-16-26(31)30-29-15-20-14-21(28)10-12-24(20)34-27(32)23-8-6-5-7-19(23)4/h5-15,17H,16H2,1-4H3,(H,30,31)/b29-15+. The van der Waals surface area contributed by atoms with Gasteiger partial charge in [0.1, 0.15) is 11.5 Å². The minimum absolute atomic E-state index is 0.172. The van der Waals surface area contributed by atoms with E-state index >= 15 is 0 Å². The predicted molar refractivity (Wildman–Crippen MR) is 137 cm³/mol. The third-order valence-electron chi connectivity index (χ3n) is 5.08. The van der Waals surface area contributed by atoms with Crippen molar-refractivity contribution in [3.8, 4) is 11.5 Å². The van der Waals surface area contributed by atoms with Crippen LogP contribution in [0.2, 0.25) is 0 Å². The van der Waals surface area contributed by atoms with Gasteiger partial charge in [0.05, 0.1) is 11.8 Å². The van der Waals surface area contributed by atoms with Gasteiger partial charge in [-0.05, 0) is 66.8 Å². The van der Waals surface area contributed by atoms with Gasteiger partial charge in [-0.3, -0.25) is 4.79 Å². The number of aryl methyl sites for hydroxylation is 2. The number of halogens is 1. The molecule has 0 heterocycles. The van der Waals surface area contributed by atoms with Crippen molar-refractivity contribution in [2.75, 3.05) is 6.61 Å². The van der Waals surface area contributed by atoms with Crippen LogP contribution in [0.3, 0.4) is 0 Å². The highest BCUT2D eigenvalue weighted by Gasteiger charge is 2.14. The van der Waals surface area contributed by atoms with Gasteiger partial charge in [0.2, 0.25) is 0 Å². The van der Waals surface area contributed by atoms with E-state index in [1.165, 1.54) is 6.21 Å². The summed E-state index contributed by atoms with van der Waals surface area (Å²) in [6, 6.07) is 18.3. The van der Waals surface area contributed by atoms with E-state index in [4.69, 9.17) is 9.47 Å². The summed E-state index contributed by atoms with van der Waals surface area (Å²) in [6.45, 7) is 7.79. The fraction of sp³-hybridized carbons (Fsp3) is 0.222. The van der Waals surface area contributed by atoms with Gasteiger partial charge in [-0.1, -0.05) is 60.1 Å². The van der Waals surface area contributed by atoms with Gasteiger partial charge in [-0.15, -0.1) is 0 Å². The maximum Gasteiger partial charge on any atom is 0.343 e. The van der Waals surface area contributed by atoms with Crippen LogP contribution in [0, 0.1) is 13.8 Å². The molecule has 0 spiro atoms. The van der Waals surface area contributed by atoms with Crippen molar-refractivity contribution in [3.05, 3.63) is 93.0 Å². The van der Waals surface area contributed by atoms with Crippen molar-refractivity contribution in [1.29, 1.82) is 0 Å². The molecule has 0 aromatic heterocycles. The molecular formula is C27H27BrN2O4. The van der Waals surface area contributed by atoms with Crippen LogP contribution < -0.4 is 14.9 Å². The molecule has 7 heteroatoms. The van der Waals surface area contributed by atoms with Crippen LogP contribution in [0.25, 0.3) is 0 Å². The smallest absolute Gasteiger partial charge is 0.343 e. The number of carbonyl (C=O) groups excluding carboxylic acids is 2. The normalized spacial score (nSPS) is 11.0. The molecule has 3 aromatic rings. The lowest BCUT2D eigenvalue weighted by Gasteiger charge is -2.14. The molecule has 0 saturated heterocycles. The number of hydrogen-bond acceptors (Lipinski definition) is 5. The Morgan fingerprint density at radius 3 is 2.53 bits per heavy atom. The molecule has 3 aromatic carbocycles. The first-order valence-corrected chi connectivity index (χ1v) is 11.7. The number of ether oxygens (including phenoxy) is 2. The molecule has 176 valence electrons. The lowest BCUT2D eigenvalue weighted by molar-refractivity contribution is -0.123. The third kappa shape index (κ3) is 6.78. The highest BCUT2D eigenvalue weighted by molar-refractivity contribution is 9.10. The molecule has 0 fully saturated rings. The highest BCUT2D eigenvalue weighted by atomic mass is 79.9. The van der Waals surface area contributed by atoms with Crippen LogP contribution in [-0.4, -0.2) is 24.7 Å². The highest BCUT2D eigenvalue weighted by Crippen LogP contribution is 2.27. The number of nitrogens with one attached hydrogen (secondary N) is 1. The molecule has 0 saturated carbocycles. The van der Waals surface area contributed by atoms with Crippen molar-refractivity contribution >= 4 is 34.0 Å². The Morgan fingerprint density at radius 1 is 1.03 bits per heavy atom. The molecule has 0 radical (unpaired) electrons. The second kappa shape index (κ2) is 11.6. The van der Waals surface area contributed by atoms with Gasteiger partial charge < -0.3 is 9.47 Å². The van der Waals surface area contributed by atoms with E-state index in [-0.39, 0.29) is 12.5 Å². The molecule has 34 heavy (non-hydrogen) atoms. The molecule has 1 amide bonds. The fourth-order valence-corrected chi connectivity index (χ4v) is 3.64. The Labute approximate surface area is 208 Å². The Morgan fingerprint density at radius 2 is 1.79 bits per heavy atom. The largest absolute Gasteiger partial charge is 0.483 e. The second-order valence-corrected chi connectivity index (χ2v) is 9.08. The summed E-state index contributed by atoms with van der Waals surface area (Å²) < 4.78 is 12.1. The van der Waals surface area contributed by atoms with E-state index in [2.05, 4.69) is 40.3 Å². The van der Waals surface area contributed by atoms with Crippen LogP contribution in [0.1, 0.15) is 52.4 Å². The van der Waals surface area contributed by atoms with Gasteiger partial charge in [-0.2, -0.15) is 5.10 Å². The SMILES string of the molecule is Cc1ccc(C(C)C)c(OCC(=O)N/N=C/c2cc(Br)ccc2OC(=O)c2ccccc2C)c1. The minimum Gasteiger partial charge on any atom is -0.483 e. The summed E-state index contributed by atoms with van der Waals surface area (Å²) in [5.74, 6) is 0.417. The molecule has 0 aliphatic carbocycles. The van der Waals surface area contributed by atoms with E-state index in [0.29, 0.717) is 22.6 Å². The van der Waals surface area contributed by atoms with Crippen molar-refractivity contribution in [3.63, 3.8) is 0 Å². The molecule has 1 N–H and O–H groups in total. The maximum atomic E-state index is 12.6. The van der Waals surface area contributed by atoms with Crippen LogP contribution in [0.4, 0.5) is 0 Å². The first-order chi connectivity index (χ1) is 16.2. The zero-order valence-corrected chi connectivity index (χ0v) is 21.2. The summed E-state index contributed by atoms with van der Waals surface area (Å²) >= 11 is 3.41. The van der Waals surface area contributed by atoms with Gasteiger partial charge in [0.15, 0.2) is 6.61 Å². The Hall–Kier alpha value is -3.45. The van der Waals surface area contributed by atoms with Crippen molar-refractivity contribution in [2.45, 2.75) is 33.6 Å². The number of esters is 1. The zero-order chi connectivity index (χ0) is 24.7. The Kier molecular flexibility index (Phi) is 8.60. The average Bonchev–Trinajstić information content (AvgIpc) is 2.79. The van der Waals surface area contributed by atoms with E-state index in [1.54, 1.807) is 30.3 Å². The van der Waals surface area contributed by atoms with E-state index in [9.17, 15) is 9.59 Å². The molecule has 0 bridgehead atoms. The van der Waals surface area contributed by atoms with Gasteiger partial charge in [0, 0.05) is 10.0 Å². The average molecular weight is 523 g/mol. The molecule has 0 atom stereocenters.